The number of methoxy groups -OCH3 is 1. The minimum Gasteiger partial charge on any atom is -0.464 e. The van der Waals surface area contributed by atoms with Crippen molar-refractivity contribution in [1.82, 2.24) is 0 Å². The summed E-state index contributed by atoms with van der Waals surface area (Å²) in [6, 6.07) is 6.49. The van der Waals surface area contributed by atoms with Gasteiger partial charge in [-0.05, 0) is 36.2 Å². The molecule has 1 aromatic carbocycles. The highest BCUT2D eigenvalue weighted by Crippen LogP contribution is 2.38. The van der Waals surface area contributed by atoms with Crippen molar-refractivity contribution in [2.75, 3.05) is 7.11 Å². The molecule has 1 unspecified atom stereocenters. The first kappa shape index (κ1) is 11.3. The Bertz CT molecular complexity index is 548. The van der Waals surface area contributed by atoms with E-state index in [1.165, 1.54) is 12.1 Å². The minimum absolute atomic E-state index is 0.278. The molecule has 4 heteroatoms. The molecule has 18 heavy (non-hydrogen) atoms. The largest absolute Gasteiger partial charge is 0.464 e. The number of ether oxygens (including phenoxy) is 2. The van der Waals surface area contributed by atoms with Crippen molar-refractivity contribution in [3.05, 3.63) is 41.9 Å². The summed E-state index contributed by atoms with van der Waals surface area (Å²) in [4.78, 5) is 0. The number of halogens is 1. The van der Waals surface area contributed by atoms with Crippen molar-refractivity contribution in [1.29, 1.82) is 0 Å². The quantitative estimate of drug-likeness (QED) is 0.816. The van der Waals surface area contributed by atoms with Gasteiger partial charge in [-0.3, -0.25) is 0 Å². The van der Waals surface area contributed by atoms with Crippen molar-refractivity contribution in [2.24, 2.45) is 0 Å². The number of hydrogen-bond acceptors (Lipinski definition) is 3. The fraction of sp³-hybridized carbons (Fsp3) is 0.286. The molecule has 0 amide bonds. The lowest BCUT2D eigenvalue weighted by Gasteiger charge is -2.26. The van der Waals surface area contributed by atoms with Crippen LogP contribution >= 0.6 is 0 Å². The fourth-order valence-electron chi connectivity index (χ4n) is 2.22. The van der Waals surface area contributed by atoms with Gasteiger partial charge in [0.1, 0.15) is 17.3 Å². The maximum absolute atomic E-state index is 13.6. The summed E-state index contributed by atoms with van der Waals surface area (Å²) in [7, 11) is 1.60. The molecule has 0 fully saturated rings. The summed E-state index contributed by atoms with van der Waals surface area (Å²) in [5, 5.41) is 0. The van der Waals surface area contributed by atoms with Crippen molar-refractivity contribution in [3.63, 3.8) is 0 Å². The molecule has 0 spiro atoms. The molecule has 1 aromatic heterocycles. The van der Waals surface area contributed by atoms with Crippen molar-refractivity contribution in [2.45, 2.75) is 19.1 Å². The molecule has 3 rings (SSSR count). The molecule has 2 heterocycles. The maximum Gasteiger partial charge on any atom is 0.199 e. The van der Waals surface area contributed by atoms with Gasteiger partial charge in [0.15, 0.2) is 6.29 Å². The fourth-order valence-corrected chi connectivity index (χ4v) is 2.22. The number of rotatable bonds is 2. The van der Waals surface area contributed by atoms with Crippen LogP contribution in [0.15, 0.2) is 34.9 Å². The lowest BCUT2D eigenvalue weighted by atomic mass is 10.00. The Hall–Kier alpha value is -1.81. The van der Waals surface area contributed by atoms with Crippen LogP contribution in [0.3, 0.4) is 0 Å². The molecule has 94 valence electrons. The topological polar surface area (TPSA) is 31.6 Å². The highest BCUT2D eigenvalue weighted by Gasteiger charge is 2.24. The van der Waals surface area contributed by atoms with Gasteiger partial charge in [0.05, 0.1) is 11.8 Å². The standard InChI is InChI=1S/C14H13FO3/c1-16-13-5-4-9-7-10(15)8-11(14(9)18-13)12-3-2-6-17-12/h2-3,6-8,13H,4-5H2,1H3. The number of fused-ring (bicyclic) bond motifs is 1. The molecule has 3 nitrogen and oxygen atoms in total. The molecule has 1 aliphatic heterocycles. The number of hydrogen-bond donors (Lipinski definition) is 0. The van der Waals surface area contributed by atoms with Crippen LogP contribution in [0.4, 0.5) is 4.39 Å². The third-order valence-corrected chi connectivity index (χ3v) is 3.08. The van der Waals surface area contributed by atoms with E-state index < -0.39 is 0 Å². The average Bonchev–Trinajstić information content (AvgIpc) is 2.91. The SMILES string of the molecule is COC1CCc2cc(F)cc(-c3ccco3)c2O1. The Morgan fingerprint density at radius 1 is 1.39 bits per heavy atom. The van der Waals surface area contributed by atoms with Gasteiger partial charge in [-0.25, -0.2) is 4.39 Å². The molecule has 1 atom stereocenters. The lowest BCUT2D eigenvalue weighted by molar-refractivity contribution is -0.0651. The molecule has 0 aliphatic carbocycles. The summed E-state index contributed by atoms with van der Waals surface area (Å²) in [5.41, 5.74) is 1.49. The van der Waals surface area contributed by atoms with Crippen molar-refractivity contribution < 1.29 is 18.3 Å². The van der Waals surface area contributed by atoms with E-state index in [-0.39, 0.29) is 12.1 Å². The van der Waals surface area contributed by atoms with Gasteiger partial charge in [-0.2, -0.15) is 0 Å². The molecule has 0 saturated carbocycles. The van der Waals surface area contributed by atoms with E-state index >= 15 is 0 Å². The Balaban J connectivity index is 2.11. The third kappa shape index (κ3) is 1.88. The van der Waals surface area contributed by atoms with E-state index in [4.69, 9.17) is 13.9 Å². The summed E-state index contributed by atoms with van der Waals surface area (Å²) < 4.78 is 29.9. The molecular formula is C14H13FO3. The summed E-state index contributed by atoms with van der Waals surface area (Å²) in [6.07, 6.45) is 2.74. The van der Waals surface area contributed by atoms with E-state index in [0.717, 1.165) is 18.4 Å². The zero-order valence-electron chi connectivity index (χ0n) is 9.98. The van der Waals surface area contributed by atoms with E-state index in [2.05, 4.69) is 0 Å². The highest BCUT2D eigenvalue weighted by atomic mass is 19.1. The van der Waals surface area contributed by atoms with Crippen LogP contribution in [0, 0.1) is 5.82 Å². The van der Waals surface area contributed by atoms with Crippen LogP contribution in [0.25, 0.3) is 11.3 Å². The highest BCUT2D eigenvalue weighted by molar-refractivity contribution is 5.68. The summed E-state index contributed by atoms with van der Waals surface area (Å²) in [5.74, 6) is 0.978. The minimum atomic E-state index is -0.281. The van der Waals surface area contributed by atoms with Gasteiger partial charge in [0, 0.05) is 13.5 Å². The van der Waals surface area contributed by atoms with E-state index in [0.29, 0.717) is 17.1 Å². The monoisotopic (exact) mass is 248 g/mol. The van der Waals surface area contributed by atoms with E-state index in [9.17, 15) is 4.39 Å². The first-order chi connectivity index (χ1) is 8.78. The number of aryl methyl sites for hydroxylation is 1. The molecule has 1 aliphatic rings. The number of benzene rings is 1. The second kappa shape index (κ2) is 4.46. The third-order valence-electron chi connectivity index (χ3n) is 3.08. The van der Waals surface area contributed by atoms with Crippen molar-refractivity contribution in [3.8, 4) is 17.1 Å². The van der Waals surface area contributed by atoms with E-state index in [1.807, 2.05) is 0 Å². The molecule has 0 N–H and O–H groups in total. The average molecular weight is 248 g/mol. The maximum atomic E-state index is 13.6. The summed E-state index contributed by atoms with van der Waals surface area (Å²) in [6.45, 7) is 0. The second-order valence-corrected chi connectivity index (χ2v) is 4.24. The Morgan fingerprint density at radius 2 is 2.28 bits per heavy atom. The normalized spacial score (nSPS) is 18.2. The van der Waals surface area contributed by atoms with E-state index in [1.54, 1.807) is 25.5 Å². The van der Waals surface area contributed by atoms with Crippen LogP contribution in [0.5, 0.6) is 5.75 Å². The van der Waals surface area contributed by atoms with Gasteiger partial charge < -0.3 is 13.9 Å². The Labute approximate surface area is 104 Å². The zero-order valence-corrected chi connectivity index (χ0v) is 9.98. The van der Waals surface area contributed by atoms with Crippen LogP contribution in [-0.2, 0) is 11.2 Å². The predicted octanol–water partition coefficient (Wildman–Crippen LogP) is 3.38. The molecule has 0 radical (unpaired) electrons. The first-order valence-electron chi connectivity index (χ1n) is 5.83. The van der Waals surface area contributed by atoms with Gasteiger partial charge in [0.25, 0.3) is 0 Å². The molecule has 0 bridgehead atoms. The Morgan fingerprint density at radius 3 is 3.00 bits per heavy atom. The van der Waals surface area contributed by atoms with Crippen molar-refractivity contribution >= 4 is 0 Å². The molecule has 0 saturated heterocycles. The first-order valence-corrected chi connectivity index (χ1v) is 5.83. The Kier molecular flexibility index (Phi) is 2.80. The van der Waals surface area contributed by atoms with Gasteiger partial charge >= 0.3 is 0 Å². The predicted molar refractivity (Wildman–Crippen MR) is 63.8 cm³/mol. The number of furan rings is 1. The van der Waals surface area contributed by atoms with Crippen LogP contribution in [0.2, 0.25) is 0 Å². The van der Waals surface area contributed by atoms with Gasteiger partial charge in [0.2, 0.25) is 0 Å². The van der Waals surface area contributed by atoms with Crippen LogP contribution < -0.4 is 4.74 Å². The van der Waals surface area contributed by atoms with Crippen LogP contribution in [0.1, 0.15) is 12.0 Å². The van der Waals surface area contributed by atoms with Gasteiger partial charge in [-0.15, -0.1) is 0 Å². The van der Waals surface area contributed by atoms with Gasteiger partial charge in [-0.1, -0.05) is 0 Å². The molecular weight excluding hydrogens is 235 g/mol. The summed E-state index contributed by atoms with van der Waals surface area (Å²) >= 11 is 0. The molecule has 2 aromatic rings. The smallest absolute Gasteiger partial charge is 0.199 e. The van der Waals surface area contributed by atoms with Crippen LogP contribution in [-0.4, -0.2) is 13.4 Å². The lowest BCUT2D eigenvalue weighted by Crippen LogP contribution is -2.24. The zero-order chi connectivity index (χ0) is 12.5. The second-order valence-electron chi connectivity index (χ2n) is 4.24.